The number of rotatable bonds is 5. The highest BCUT2D eigenvalue weighted by atomic mass is 16.1. The molecule has 0 saturated heterocycles. The fourth-order valence-corrected chi connectivity index (χ4v) is 1.03. The molecule has 0 aromatic heterocycles. The SMILES string of the molecule is CC(CCN)N(C)C(C)C(N)=O. The van der Waals surface area contributed by atoms with Gasteiger partial charge in [-0.3, -0.25) is 9.69 Å². The zero-order valence-electron chi connectivity index (χ0n) is 8.08. The van der Waals surface area contributed by atoms with Crippen molar-refractivity contribution in [2.24, 2.45) is 11.5 Å². The van der Waals surface area contributed by atoms with Crippen molar-refractivity contribution in [2.45, 2.75) is 32.4 Å². The van der Waals surface area contributed by atoms with E-state index >= 15 is 0 Å². The predicted octanol–water partition coefficient (Wildman–Crippen LogP) is -0.471. The molecule has 2 atom stereocenters. The van der Waals surface area contributed by atoms with E-state index in [-0.39, 0.29) is 11.9 Å². The monoisotopic (exact) mass is 173 g/mol. The second-order valence-electron chi connectivity index (χ2n) is 3.17. The Balaban J connectivity index is 3.99. The van der Waals surface area contributed by atoms with Gasteiger partial charge in [0.15, 0.2) is 0 Å². The summed E-state index contributed by atoms with van der Waals surface area (Å²) in [5, 5.41) is 0. The van der Waals surface area contributed by atoms with Crippen molar-refractivity contribution in [1.29, 1.82) is 0 Å². The van der Waals surface area contributed by atoms with Gasteiger partial charge in [-0.15, -0.1) is 0 Å². The number of likely N-dealkylation sites (N-methyl/N-ethyl adjacent to an activating group) is 1. The van der Waals surface area contributed by atoms with Crippen LogP contribution in [0.2, 0.25) is 0 Å². The van der Waals surface area contributed by atoms with Gasteiger partial charge in [0.1, 0.15) is 0 Å². The normalized spacial score (nSPS) is 16.1. The molecule has 0 rings (SSSR count). The Morgan fingerprint density at radius 2 is 2.00 bits per heavy atom. The number of hydrogen-bond donors (Lipinski definition) is 2. The van der Waals surface area contributed by atoms with Crippen LogP contribution in [0.3, 0.4) is 0 Å². The highest BCUT2D eigenvalue weighted by Gasteiger charge is 2.18. The molecule has 0 saturated carbocycles. The van der Waals surface area contributed by atoms with Crippen molar-refractivity contribution in [2.75, 3.05) is 13.6 Å². The Labute approximate surface area is 73.9 Å². The van der Waals surface area contributed by atoms with Crippen molar-refractivity contribution < 1.29 is 4.79 Å². The van der Waals surface area contributed by atoms with Gasteiger partial charge >= 0.3 is 0 Å². The zero-order valence-corrected chi connectivity index (χ0v) is 8.08. The average molecular weight is 173 g/mol. The second kappa shape index (κ2) is 5.11. The number of amides is 1. The lowest BCUT2D eigenvalue weighted by molar-refractivity contribution is -0.122. The molecule has 12 heavy (non-hydrogen) atoms. The number of carbonyl (C=O) groups excluding carboxylic acids is 1. The van der Waals surface area contributed by atoms with Gasteiger partial charge in [0.25, 0.3) is 0 Å². The van der Waals surface area contributed by atoms with Gasteiger partial charge in [-0.2, -0.15) is 0 Å². The molecule has 0 bridgehead atoms. The summed E-state index contributed by atoms with van der Waals surface area (Å²) in [7, 11) is 1.88. The number of nitrogens with two attached hydrogens (primary N) is 2. The van der Waals surface area contributed by atoms with E-state index in [4.69, 9.17) is 11.5 Å². The maximum Gasteiger partial charge on any atom is 0.234 e. The summed E-state index contributed by atoms with van der Waals surface area (Å²) in [5.74, 6) is -0.290. The van der Waals surface area contributed by atoms with Gasteiger partial charge in [-0.25, -0.2) is 0 Å². The van der Waals surface area contributed by atoms with Gasteiger partial charge in [0, 0.05) is 6.04 Å². The third-order valence-corrected chi connectivity index (χ3v) is 2.30. The van der Waals surface area contributed by atoms with E-state index < -0.39 is 0 Å². The van der Waals surface area contributed by atoms with E-state index in [1.807, 2.05) is 18.9 Å². The van der Waals surface area contributed by atoms with Crippen LogP contribution in [-0.2, 0) is 4.79 Å². The lowest BCUT2D eigenvalue weighted by atomic mass is 10.1. The van der Waals surface area contributed by atoms with E-state index in [1.54, 1.807) is 6.92 Å². The topological polar surface area (TPSA) is 72.3 Å². The van der Waals surface area contributed by atoms with Gasteiger partial charge in [-0.05, 0) is 33.9 Å². The molecule has 0 heterocycles. The van der Waals surface area contributed by atoms with E-state index in [1.165, 1.54) is 0 Å². The quantitative estimate of drug-likeness (QED) is 0.590. The van der Waals surface area contributed by atoms with Crippen LogP contribution < -0.4 is 11.5 Å². The first-order chi connectivity index (χ1) is 5.50. The fourth-order valence-electron chi connectivity index (χ4n) is 1.03. The highest BCUT2D eigenvalue weighted by molar-refractivity contribution is 5.79. The second-order valence-corrected chi connectivity index (χ2v) is 3.17. The summed E-state index contributed by atoms with van der Waals surface area (Å²) < 4.78 is 0. The number of nitrogens with zero attached hydrogens (tertiary/aromatic N) is 1. The summed E-state index contributed by atoms with van der Waals surface area (Å²) in [5.41, 5.74) is 10.6. The smallest absolute Gasteiger partial charge is 0.234 e. The third kappa shape index (κ3) is 3.19. The summed E-state index contributed by atoms with van der Waals surface area (Å²) in [6.07, 6.45) is 0.883. The van der Waals surface area contributed by atoms with Crippen LogP contribution in [0.15, 0.2) is 0 Å². The maximum absolute atomic E-state index is 10.8. The fraction of sp³-hybridized carbons (Fsp3) is 0.875. The first kappa shape index (κ1) is 11.4. The molecule has 0 aliphatic carbocycles. The van der Waals surface area contributed by atoms with Crippen molar-refractivity contribution >= 4 is 5.91 Å². The summed E-state index contributed by atoms with van der Waals surface area (Å²) in [6, 6.07) is 0.0871. The van der Waals surface area contributed by atoms with Crippen LogP contribution in [0, 0.1) is 0 Å². The van der Waals surface area contributed by atoms with E-state index in [0.717, 1.165) is 6.42 Å². The van der Waals surface area contributed by atoms with E-state index in [2.05, 4.69) is 0 Å². The minimum atomic E-state index is -0.290. The van der Waals surface area contributed by atoms with Gasteiger partial charge in [0.2, 0.25) is 5.91 Å². The Morgan fingerprint density at radius 1 is 1.50 bits per heavy atom. The minimum absolute atomic E-state index is 0.216. The Bertz CT molecular complexity index is 149. The lowest BCUT2D eigenvalue weighted by Gasteiger charge is -2.28. The minimum Gasteiger partial charge on any atom is -0.368 e. The van der Waals surface area contributed by atoms with Gasteiger partial charge < -0.3 is 11.5 Å². The number of hydrogen-bond acceptors (Lipinski definition) is 3. The standard InChI is InChI=1S/C8H19N3O/c1-6(4-5-9)11(3)7(2)8(10)12/h6-7H,4-5,9H2,1-3H3,(H2,10,12). The number of primary amides is 1. The third-order valence-electron chi connectivity index (χ3n) is 2.30. The van der Waals surface area contributed by atoms with E-state index in [0.29, 0.717) is 12.6 Å². The molecule has 1 amide bonds. The molecule has 0 fully saturated rings. The lowest BCUT2D eigenvalue weighted by Crippen LogP contribution is -2.45. The Hall–Kier alpha value is -0.610. The molecule has 0 aromatic carbocycles. The van der Waals surface area contributed by atoms with Crippen LogP contribution in [0.1, 0.15) is 20.3 Å². The Morgan fingerprint density at radius 3 is 2.33 bits per heavy atom. The molecule has 0 aliphatic rings. The molecule has 2 unspecified atom stereocenters. The summed E-state index contributed by atoms with van der Waals surface area (Å²) in [6.45, 7) is 4.47. The summed E-state index contributed by atoms with van der Waals surface area (Å²) in [4.78, 5) is 12.7. The average Bonchev–Trinajstić information content (AvgIpc) is 2.02. The molecule has 0 spiro atoms. The molecule has 4 heteroatoms. The highest BCUT2D eigenvalue weighted by Crippen LogP contribution is 2.04. The van der Waals surface area contributed by atoms with Crippen LogP contribution in [-0.4, -0.2) is 36.5 Å². The summed E-state index contributed by atoms with van der Waals surface area (Å²) >= 11 is 0. The van der Waals surface area contributed by atoms with Gasteiger partial charge in [0.05, 0.1) is 6.04 Å². The van der Waals surface area contributed by atoms with Crippen LogP contribution in [0.4, 0.5) is 0 Å². The molecule has 4 nitrogen and oxygen atoms in total. The first-order valence-electron chi connectivity index (χ1n) is 4.22. The molecule has 72 valence electrons. The molecule has 4 N–H and O–H groups in total. The largest absolute Gasteiger partial charge is 0.368 e. The molecule has 0 aromatic rings. The van der Waals surface area contributed by atoms with Crippen molar-refractivity contribution in [3.8, 4) is 0 Å². The predicted molar refractivity (Wildman–Crippen MR) is 49.6 cm³/mol. The van der Waals surface area contributed by atoms with Gasteiger partial charge in [-0.1, -0.05) is 0 Å². The Kier molecular flexibility index (Phi) is 4.85. The molecule has 0 aliphatic heterocycles. The van der Waals surface area contributed by atoms with Crippen molar-refractivity contribution in [1.82, 2.24) is 4.90 Å². The molecular weight excluding hydrogens is 154 g/mol. The zero-order chi connectivity index (χ0) is 9.72. The van der Waals surface area contributed by atoms with Crippen molar-refractivity contribution in [3.63, 3.8) is 0 Å². The van der Waals surface area contributed by atoms with Crippen LogP contribution in [0.25, 0.3) is 0 Å². The van der Waals surface area contributed by atoms with E-state index in [9.17, 15) is 4.79 Å². The maximum atomic E-state index is 10.8. The van der Waals surface area contributed by atoms with Crippen molar-refractivity contribution in [3.05, 3.63) is 0 Å². The van der Waals surface area contributed by atoms with Crippen LogP contribution >= 0.6 is 0 Å². The molecule has 0 radical (unpaired) electrons. The van der Waals surface area contributed by atoms with Crippen LogP contribution in [0.5, 0.6) is 0 Å². The first-order valence-corrected chi connectivity index (χ1v) is 4.22. The number of carbonyl (C=O) groups is 1. The molecular formula is C8H19N3O.